The van der Waals surface area contributed by atoms with Crippen molar-refractivity contribution in [3.63, 3.8) is 0 Å². The number of nitrogens with zero attached hydrogens (tertiary/aromatic N) is 1. The van der Waals surface area contributed by atoms with E-state index in [1.807, 2.05) is 6.92 Å². The third-order valence-electron chi connectivity index (χ3n) is 2.48. The lowest BCUT2D eigenvalue weighted by molar-refractivity contribution is 0.627. The smallest absolute Gasteiger partial charge is 0.123 e. The van der Waals surface area contributed by atoms with Gasteiger partial charge in [0.05, 0.1) is 5.70 Å². The van der Waals surface area contributed by atoms with Gasteiger partial charge in [-0.1, -0.05) is 41.9 Å². The summed E-state index contributed by atoms with van der Waals surface area (Å²) in [6.45, 7) is 7.37. The zero-order chi connectivity index (χ0) is 15.8. The summed E-state index contributed by atoms with van der Waals surface area (Å²) in [5.41, 5.74) is 1.93. The Labute approximate surface area is 134 Å². The van der Waals surface area contributed by atoms with Crippen LogP contribution in [0, 0.1) is 5.82 Å². The van der Waals surface area contributed by atoms with E-state index in [1.165, 1.54) is 12.1 Å². The molecule has 1 aromatic carbocycles. The van der Waals surface area contributed by atoms with E-state index in [4.69, 9.17) is 23.2 Å². The maximum Gasteiger partial charge on any atom is 0.123 e. The van der Waals surface area contributed by atoms with Crippen LogP contribution in [0.25, 0.3) is 6.08 Å². The minimum atomic E-state index is -0.334. The number of allylic oxidation sites excluding steroid dienone is 5. The van der Waals surface area contributed by atoms with Crippen molar-refractivity contribution in [2.45, 2.75) is 13.8 Å². The highest BCUT2D eigenvalue weighted by Crippen LogP contribution is 2.15. The van der Waals surface area contributed by atoms with Crippen LogP contribution in [0.2, 0.25) is 0 Å². The van der Waals surface area contributed by atoms with Crippen LogP contribution in [0.1, 0.15) is 25.0 Å². The Morgan fingerprint density at radius 3 is 2.57 bits per heavy atom. The first-order valence-corrected chi connectivity index (χ1v) is 7.04. The van der Waals surface area contributed by atoms with Crippen molar-refractivity contribution in [1.82, 2.24) is 0 Å². The summed E-state index contributed by atoms with van der Waals surface area (Å²) in [5.74, 6) is -0.334. The Hall–Kier alpha value is -1.64. The lowest BCUT2D eigenvalue weighted by Gasteiger charge is -2.01. The highest BCUT2D eigenvalue weighted by Gasteiger charge is 2.00. The molecule has 0 aliphatic carbocycles. The predicted octanol–water partition coefficient (Wildman–Crippen LogP) is 6.06. The van der Waals surface area contributed by atoms with Gasteiger partial charge in [-0.3, -0.25) is 4.99 Å². The molecule has 1 rings (SSSR count). The molecule has 0 bridgehead atoms. The largest absolute Gasteiger partial charge is 0.257 e. The van der Waals surface area contributed by atoms with Gasteiger partial charge in [0.2, 0.25) is 0 Å². The number of hydrogen-bond donors (Lipinski definition) is 0. The molecule has 0 unspecified atom stereocenters. The maximum atomic E-state index is 13.3. The van der Waals surface area contributed by atoms with Crippen molar-refractivity contribution in [3.05, 3.63) is 75.7 Å². The SMILES string of the molecule is C=C(/C=C\C(Cl)=C/C)N=Cc1cc(F)ccc1/C=C(/C)Cl. The van der Waals surface area contributed by atoms with Crippen LogP contribution in [0.3, 0.4) is 0 Å². The molecule has 4 heteroatoms. The van der Waals surface area contributed by atoms with Gasteiger partial charge in [0, 0.05) is 21.8 Å². The molecule has 21 heavy (non-hydrogen) atoms. The second-order valence-electron chi connectivity index (χ2n) is 4.26. The summed E-state index contributed by atoms with van der Waals surface area (Å²) >= 11 is 11.7. The van der Waals surface area contributed by atoms with Crippen molar-refractivity contribution in [2.75, 3.05) is 0 Å². The van der Waals surface area contributed by atoms with Crippen molar-refractivity contribution < 1.29 is 4.39 Å². The van der Waals surface area contributed by atoms with Crippen LogP contribution in [-0.4, -0.2) is 6.21 Å². The first-order valence-electron chi connectivity index (χ1n) is 6.28. The Balaban J connectivity index is 2.99. The summed E-state index contributed by atoms with van der Waals surface area (Å²) in [4.78, 5) is 4.18. The van der Waals surface area contributed by atoms with E-state index in [-0.39, 0.29) is 5.82 Å². The summed E-state index contributed by atoms with van der Waals surface area (Å²) in [6.07, 6.45) is 8.42. The molecule has 110 valence electrons. The van der Waals surface area contributed by atoms with Gasteiger partial charge < -0.3 is 0 Å². The minimum absolute atomic E-state index is 0.334. The van der Waals surface area contributed by atoms with Gasteiger partial charge in [-0.15, -0.1) is 0 Å². The fourth-order valence-corrected chi connectivity index (χ4v) is 1.65. The van der Waals surface area contributed by atoms with Gasteiger partial charge in [-0.05, 0) is 49.8 Å². The summed E-state index contributed by atoms with van der Waals surface area (Å²) in [6, 6.07) is 4.42. The number of aliphatic imine (C=N–C) groups is 1. The molecule has 0 radical (unpaired) electrons. The molecule has 0 saturated carbocycles. The lowest BCUT2D eigenvalue weighted by Crippen LogP contribution is -1.90. The van der Waals surface area contributed by atoms with Crippen LogP contribution >= 0.6 is 23.2 Å². The molecular weight excluding hydrogens is 308 g/mol. The maximum absolute atomic E-state index is 13.3. The normalized spacial score (nSPS) is 13.4. The zero-order valence-corrected chi connectivity index (χ0v) is 13.4. The lowest BCUT2D eigenvalue weighted by atomic mass is 10.1. The predicted molar refractivity (Wildman–Crippen MR) is 91.4 cm³/mol. The molecule has 0 aliphatic heterocycles. The standard InChI is InChI=1S/C17H16Cl2FN/c1-4-16(19)7-5-13(3)21-11-15-10-17(20)8-6-14(15)9-12(2)18/h4-11H,3H2,1-2H3/b7-5-,12-9-,16-4+,21-11?. The van der Waals surface area contributed by atoms with Gasteiger partial charge in [0.1, 0.15) is 5.82 Å². The van der Waals surface area contributed by atoms with Gasteiger partial charge >= 0.3 is 0 Å². The molecule has 1 aromatic rings. The molecule has 1 nitrogen and oxygen atoms in total. The fourth-order valence-electron chi connectivity index (χ4n) is 1.47. The fraction of sp³-hybridized carbons (Fsp3) is 0.118. The minimum Gasteiger partial charge on any atom is -0.257 e. The molecule has 0 saturated heterocycles. The van der Waals surface area contributed by atoms with Crippen LogP contribution in [0.4, 0.5) is 4.39 Å². The van der Waals surface area contributed by atoms with Crippen molar-refractivity contribution >= 4 is 35.5 Å². The summed E-state index contributed by atoms with van der Waals surface area (Å²) in [7, 11) is 0. The van der Waals surface area contributed by atoms with E-state index < -0.39 is 0 Å². The Morgan fingerprint density at radius 1 is 1.24 bits per heavy atom. The van der Waals surface area contributed by atoms with Crippen molar-refractivity contribution in [3.8, 4) is 0 Å². The Bertz CT molecular complexity index is 636. The van der Waals surface area contributed by atoms with Crippen LogP contribution in [0.15, 0.2) is 63.8 Å². The molecule has 0 atom stereocenters. The molecular formula is C17H16Cl2FN. The van der Waals surface area contributed by atoms with Crippen LogP contribution in [0.5, 0.6) is 0 Å². The molecule has 0 aliphatic rings. The number of hydrogen-bond acceptors (Lipinski definition) is 1. The highest BCUT2D eigenvalue weighted by atomic mass is 35.5. The van der Waals surface area contributed by atoms with E-state index in [2.05, 4.69) is 11.6 Å². The molecule has 0 amide bonds. The second kappa shape index (κ2) is 8.60. The number of rotatable bonds is 5. The third-order valence-corrected chi connectivity index (χ3v) is 2.94. The molecule has 0 spiro atoms. The topological polar surface area (TPSA) is 12.4 Å². The average molecular weight is 324 g/mol. The molecule has 0 N–H and O–H groups in total. The average Bonchev–Trinajstić information content (AvgIpc) is 2.44. The van der Waals surface area contributed by atoms with Crippen molar-refractivity contribution in [2.24, 2.45) is 4.99 Å². The monoisotopic (exact) mass is 323 g/mol. The molecule has 0 aromatic heterocycles. The third kappa shape index (κ3) is 6.56. The van der Waals surface area contributed by atoms with E-state index in [0.717, 1.165) is 5.56 Å². The van der Waals surface area contributed by atoms with E-state index >= 15 is 0 Å². The number of halogens is 3. The highest BCUT2D eigenvalue weighted by molar-refractivity contribution is 6.31. The molecule has 0 fully saturated rings. The van der Waals surface area contributed by atoms with Crippen LogP contribution < -0.4 is 0 Å². The quantitative estimate of drug-likeness (QED) is 0.461. The van der Waals surface area contributed by atoms with Gasteiger partial charge in [0.15, 0.2) is 0 Å². The second-order valence-corrected chi connectivity index (χ2v) is 5.29. The first-order chi connectivity index (χ1) is 9.92. The zero-order valence-electron chi connectivity index (χ0n) is 11.9. The van der Waals surface area contributed by atoms with E-state index in [1.54, 1.807) is 43.5 Å². The van der Waals surface area contributed by atoms with E-state index in [0.29, 0.717) is 21.3 Å². The van der Waals surface area contributed by atoms with Crippen LogP contribution in [-0.2, 0) is 0 Å². The van der Waals surface area contributed by atoms with E-state index in [9.17, 15) is 4.39 Å². The first kappa shape index (κ1) is 17.4. The van der Waals surface area contributed by atoms with Crippen molar-refractivity contribution in [1.29, 1.82) is 0 Å². The molecule has 0 heterocycles. The number of benzene rings is 1. The summed E-state index contributed by atoms with van der Waals surface area (Å²) < 4.78 is 13.3. The van der Waals surface area contributed by atoms with Gasteiger partial charge in [-0.2, -0.15) is 0 Å². The Morgan fingerprint density at radius 2 is 1.95 bits per heavy atom. The van der Waals surface area contributed by atoms with Gasteiger partial charge in [-0.25, -0.2) is 4.39 Å². The Kier molecular flexibility index (Phi) is 7.13. The van der Waals surface area contributed by atoms with Gasteiger partial charge in [0.25, 0.3) is 0 Å². The summed E-state index contributed by atoms with van der Waals surface area (Å²) in [5, 5.41) is 1.20.